The van der Waals surface area contributed by atoms with Gasteiger partial charge < -0.3 is 15.0 Å². The Hall–Kier alpha value is -3.58. The van der Waals surface area contributed by atoms with Crippen LogP contribution in [0, 0.1) is 11.6 Å². The zero-order valence-corrected chi connectivity index (χ0v) is 18.7. The summed E-state index contributed by atoms with van der Waals surface area (Å²) in [6, 6.07) is 18.5. The van der Waals surface area contributed by atoms with E-state index in [-0.39, 0.29) is 30.5 Å². The average molecular weight is 465 g/mol. The Morgan fingerprint density at radius 2 is 1.68 bits per heavy atom. The predicted molar refractivity (Wildman–Crippen MR) is 125 cm³/mol. The zero-order valence-electron chi connectivity index (χ0n) is 18.7. The van der Waals surface area contributed by atoms with Crippen LogP contribution >= 0.6 is 0 Å². The second-order valence-corrected chi connectivity index (χ2v) is 8.31. The van der Waals surface area contributed by atoms with Gasteiger partial charge in [0.05, 0.1) is 19.1 Å². The molecule has 0 aliphatic carbocycles. The zero-order chi connectivity index (χ0) is 23.9. The van der Waals surface area contributed by atoms with Gasteiger partial charge in [-0.3, -0.25) is 9.59 Å². The highest BCUT2D eigenvalue weighted by molar-refractivity contribution is 6.06. The molecule has 7 heteroatoms. The van der Waals surface area contributed by atoms with Crippen LogP contribution in [-0.2, 0) is 22.5 Å². The number of amides is 2. The number of anilines is 1. The highest BCUT2D eigenvalue weighted by atomic mass is 19.1. The minimum absolute atomic E-state index is 0.0801. The van der Waals surface area contributed by atoms with E-state index in [1.807, 2.05) is 0 Å². The number of carbonyl (C=O) groups is 2. The Labute approximate surface area is 197 Å². The van der Waals surface area contributed by atoms with Crippen LogP contribution in [0.5, 0.6) is 0 Å². The van der Waals surface area contributed by atoms with Crippen LogP contribution in [0.4, 0.5) is 14.5 Å². The van der Waals surface area contributed by atoms with Crippen LogP contribution in [0.1, 0.15) is 34.3 Å². The fraction of sp³-hybridized carbons (Fsp3) is 0.259. The molecule has 1 atom stereocenters. The van der Waals surface area contributed by atoms with E-state index >= 15 is 0 Å². The number of ether oxygens (including phenoxy) is 1. The maximum atomic E-state index is 13.7. The van der Waals surface area contributed by atoms with Gasteiger partial charge in [0.15, 0.2) is 0 Å². The quantitative estimate of drug-likeness (QED) is 0.528. The van der Waals surface area contributed by atoms with Gasteiger partial charge in [0.2, 0.25) is 5.91 Å². The molecule has 5 nitrogen and oxygen atoms in total. The summed E-state index contributed by atoms with van der Waals surface area (Å²) in [4.78, 5) is 27.0. The molecule has 1 unspecified atom stereocenters. The molecule has 34 heavy (non-hydrogen) atoms. The van der Waals surface area contributed by atoms with Crippen LogP contribution in [0.2, 0.25) is 0 Å². The lowest BCUT2D eigenvalue weighted by molar-refractivity contribution is -0.120. The van der Waals surface area contributed by atoms with E-state index in [4.69, 9.17) is 4.74 Å². The Morgan fingerprint density at radius 3 is 2.35 bits per heavy atom. The number of nitrogens with one attached hydrogen (secondary N) is 1. The maximum Gasteiger partial charge on any atom is 0.258 e. The number of carbonyl (C=O) groups excluding carboxylic acids is 2. The molecular formula is C27H26F2N2O3. The first-order chi connectivity index (χ1) is 16.5. The van der Waals surface area contributed by atoms with E-state index in [1.165, 1.54) is 41.3 Å². The standard InChI is InChI=1S/C27H26F2N2O3/c28-22-6-1-4-20(14-22)18-31(27(33)21-5-2-7-23(29)16-21)24-11-9-19(10-12-24)15-26(32)30-17-25-8-3-13-34-25/h1-2,4-7,9-12,14,16,25H,3,8,13,15,17-18H2,(H,30,32). The van der Waals surface area contributed by atoms with Crippen LogP contribution in [-0.4, -0.2) is 31.1 Å². The van der Waals surface area contributed by atoms with Crippen molar-refractivity contribution in [2.75, 3.05) is 18.1 Å². The summed E-state index contributed by atoms with van der Waals surface area (Å²) in [7, 11) is 0. The summed E-state index contributed by atoms with van der Waals surface area (Å²) in [5.41, 5.74) is 2.14. The second-order valence-electron chi connectivity index (χ2n) is 8.31. The number of hydrogen-bond donors (Lipinski definition) is 1. The van der Waals surface area contributed by atoms with Gasteiger partial charge in [-0.25, -0.2) is 8.78 Å². The predicted octanol–water partition coefficient (Wildman–Crippen LogP) is 4.65. The number of hydrogen-bond acceptors (Lipinski definition) is 3. The maximum absolute atomic E-state index is 13.7. The summed E-state index contributed by atoms with van der Waals surface area (Å²) in [6.07, 6.45) is 2.25. The third-order valence-electron chi connectivity index (χ3n) is 5.71. The fourth-order valence-corrected chi connectivity index (χ4v) is 3.95. The van der Waals surface area contributed by atoms with Crippen LogP contribution in [0.15, 0.2) is 72.8 Å². The topological polar surface area (TPSA) is 58.6 Å². The lowest BCUT2D eigenvalue weighted by Gasteiger charge is -2.23. The molecule has 1 heterocycles. The Bertz CT molecular complexity index is 1140. The monoisotopic (exact) mass is 464 g/mol. The van der Waals surface area contributed by atoms with Gasteiger partial charge in [0, 0.05) is 24.4 Å². The van der Waals surface area contributed by atoms with Gasteiger partial charge in [0.1, 0.15) is 11.6 Å². The summed E-state index contributed by atoms with van der Waals surface area (Å²) in [6.45, 7) is 1.34. The molecule has 0 bridgehead atoms. The first-order valence-electron chi connectivity index (χ1n) is 11.3. The molecule has 1 aliphatic rings. The van der Waals surface area contributed by atoms with Crippen molar-refractivity contribution in [2.45, 2.75) is 31.9 Å². The highest BCUT2D eigenvalue weighted by Gasteiger charge is 2.20. The fourth-order valence-electron chi connectivity index (χ4n) is 3.95. The van der Waals surface area contributed by atoms with E-state index in [1.54, 1.807) is 36.4 Å². The molecule has 0 radical (unpaired) electrons. The molecule has 1 aliphatic heterocycles. The molecule has 0 spiro atoms. The number of benzene rings is 3. The molecule has 1 saturated heterocycles. The largest absolute Gasteiger partial charge is 0.376 e. The molecule has 2 amide bonds. The third kappa shape index (κ3) is 6.26. The van der Waals surface area contributed by atoms with Crippen molar-refractivity contribution >= 4 is 17.5 Å². The van der Waals surface area contributed by atoms with E-state index in [9.17, 15) is 18.4 Å². The SMILES string of the molecule is O=C(Cc1ccc(N(Cc2cccc(F)c2)C(=O)c2cccc(F)c2)cc1)NCC1CCCO1. The third-order valence-corrected chi connectivity index (χ3v) is 5.71. The number of halogens is 2. The average Bonchev–Trinajstić information content (AvgIpc) is 3.35. The number of nitrogens with zero attached hydrogens (tertiary/aromatic N) is 1. The van der Waals surface area contributed by atoms with E-state index < -0.39 is 17.5 Å². The minimum Gasteiger partial charge on any atom is -0.376 e. The first-order valence-corrected chi connectivity index (χ1v) is 11.3. The van der Waals surface area contributed by atoms with Crippen molar-refractivity contribution in [3.8, 4) is 0 Å². The molecule has 4 rings (SSSR count). The van der Waals surface area contributed by atoms with Crippen molar-refractivity contribution in [3.05, 3.63) is 101 Å². The molecule has 0 aromatic heterocycles. The molecule has 176 valence electrons. The summed E-state index contributed by atoms with van der Waals surface area (Å²) < 4.78 is 33.0. The van der Waals surface area contributed by atoms with Gasteiger partial charge in [-0.15, -0.1) is 0 Å². The lowest BCUT2D eigenvalue weighted by Crippen LogP contribution is -2.32. The van der Waals surface area contributed by atoms with Gasteiger partial charge >= 0.3 is 0 Å². The van der Waals surface area contributed by atoms with Gasteiger partial charge in [0.25, 0.3) is 5.91 Å². The Balaban J connectivity index is 1.49. The molecular weight excluding hydrogens is 438 g/mol. The molecule has 1 fully saturated rings. The summed E-state index contributed by atoms with van der Waals surface area (Å²) in [5, 5.41) is 2.89. The molecule has 0 saturated carbocycles. The summed E-state index contributed by atoms with van der Waals surface area (Å²) >= 11 is 0. The highest BCUT2D eigenvalue weighted by Crippen LogP contribution is 2.22. The normalized spacial score (nSPS) is 15.2. The van der Waals surface area contributed by atoms with Gasteiger partial charge in [-0.1, -0.05) is 30.3 Å². The van der Waals surface area contributed by atoms with Crippen LogP contribution in [0.3, 0.4) is 0 Å². The van der Waals surface area contributed by atoms with Crippen molar-refractivity contribution in [1.82, 2.24) is 5.32 Å². The molecule has 1 N–H and O–H groups in total. The smallest absolute Gasteiger partial charge is 0.258 e. The Kier molecular flexibility index (Phi) is 7.65. The van der Waals surface area contributed by atoms with Gasteiger partial charge in [-0.2, -0.15) is 0 Å². The van der Waals surface area contributed by atoms with Crippen molar-refractivity contribution in [2.24, 2.45) is 0 Å². The lowest BCUT2D eigenvalue weighted by atomic mass is 10.1. The van der Waals surface area contributed by atoms with Crippen LogP contribution < -0.4 is 10.2 Å². The summed E-state index contributed by atoms with van der Waals surface area (Å²) in [5.74, 6) is -1.43. The molecule has 3 aromatic carbocycles. The minimum atomic E-state index is -0.513. The van der Waals surface area contributed by atoms with E-state index in [2.05, 4.69) is 5.32 Å². The van der Waals surface area contributed by atoms with Gasteiger partial charge in [-0.05, 0) is 66.4 Å². The van der Waals surface area contributed by atoms with Crippen molar-refractivity contribution in [1.29, 1.82) is 0 Å². The Morgan fingerprint density at radius 1 is 0.941 bits per heavy atom. The van der Waals surface area contributed by atoms with Crippen molar-refractivity contribution in [3.63, 3.8) is 0 Å². The van der Waals surface area contributed by atoms with E-state index in [0.717, 1.165) is 25.0 Å². The number of rotatable bonds is 8. The molecule has 3 aromatic rings. The second kappa shape index (κ2) is 11.0. The van der Waals surface area contributed by atoms with Crippen LogP contribution in [0.25, 0.3) is 0 Å². The van der Waals surface area contributed by atoms with E-state index in [0.29, 0.717) is 17.8 Å². The van der Waals surface area contributed by atoms with Crippen molar-refractivity contribution < 1.29 is 23.1 Å². The first kappa shape index (κ1) is 23.6.